The first-order chi connectivity index (χ1) is 18.5. The highest BCUT2D eigenvalue weighted by Crippen LogP contribution is 2.42. The summed E-state index contributed by atoms with van der Waals surface area (Å²) in [7, 11) is 0. The molecule has 0 bridgehead atoms. The number of carbonyl (C=O) groups excluding carboxylic acids is 2. The first-order valence-corrected chi connectivity index (χ1v) is 13.3. The second-order valence-corrected chi connectivity index (χ2v) is 10.6. The van der Waals surface area contributed by atoms with E-state index in [1.807, 2.05) is 84.9 Å². The van der Waals surface area contributed by atoms with Crippen LogP contribution in [0.25, 0.3) is 10.8 Å². The van der Waals surface area contributed by atoms with Crippen LogP contribution < -0.4 is 0 Å². The van der Waals surface area contributed by atoms with Crippen molar-refractivity contribution in [3.8, 4) is 0 Å². The summed E-state index contributed by atoms with van der Waals surface area (Å²) in [5.41, 5.74) is 3.20. The topological polar surface area (TPSA) is 63.2 Å². The standard InChI is InChI=1S/C32H24BrN3O2/c33-26-8-9-29-28(18-26)30(37)36(21-25-6-3-5-24-4-1-2-7-27(24)25)31(38)32(29,19-22-10-14-34-15-11-22)20-23-12-16-35-17-13-23/h1-18H,19-21H2. The lowest BCUT2D eigenvalue weighted by Crippen LogP contribution is -2.56. The van der Waals surface area contributed by atoms with E-state index in [1.165, 1.54) is 4.90 Å². The highest BCUT2D eigenvalue weighted by atomic mass is 79.9. The van der Waals surface area contributed by atoms with Gasteiger partial charge in [0.1, 0.15) is 0 Å². The fraction of sp³-hybridized carbons (Fsp3) is 0.125. The number of rotatable bonds is 6. The molecule has 186 valence electrons. The third kappa shape index (κ3) is 4.31. The number of nitrogens with zero attached hydrogens (tertiary/aromatic N) is 3. The number of imide groups is 1. The minimum Gasteiger partial charge on any atom is -0.273 e. The maximum Gasteiger partial charge on any atom is 0.261 e. The maximum absolute atomic E-state index is 14.7. The molecule has 6 rings (SSSR count). The SMILES string of the molecule is O=C1c2cc(Br)ccc2C(Cc2ccncc2)(Cc2ccncc2)C(=O)N1Cc1cccc2ccccc12. The van der Waals surface area contributed by atoms with Crippen molar-refractivity contribution >= 4 is 38.5 Å². The van der Waals surface area contributed by atoms with Crippen molar-refractivity contribution in [3.63, 3.8) is 0 Å². The Kier molecular flexibility index (Phi) is 6.34. The third-order valence-electron chi connectivity index (χ3n) is 7.35. The Balaban J connectivity index is 1.54. The van der Waals surface area contributed by atoms with Gasteiger partial charge < -0.3 is 0 Å². The Morgan fingerprint density at radius 2 is 1.37 bits per heavy atom. The van der Waals surface area contributed by atoms with Crippen LogP contribution >= 0.6 is 15.9 Å². The summed E-state index contributed by atoms with van der Waals surface area (Å²) in [5.74, 6) is -0.474. The lowest BCUT2D eigenvalue weighted by molar-refractivity contribution is -0.136. The zero-order chi connectivity index (χ0) is 26.1. The summed E-state index contributed by atoms with van der Waals surface area (Å²) < 4.78 is 0.797. The van der Waals surface area contributed by atoms with E-state index in [4.69, 9.17) is 0 Å². The Bertz CT molecular complexity index is 1610. The number of aromatic nitrogens is 2. The van der Waals surface area contributed by atoms with E-state index >= 15 is 0 Å². The number of carbonyl (C=O) groups is 2. The highest BCUT2D eigenvalue weighted by Gasteiger charge is 2.50. The molecule has 38 heavy (non-hydrogen) atoms. The Labute approximate surface area is 229 Å². The van der Waals surface area contributed by atoms with Crippen LogP contribution in [0.1, 0.15) is 32.6 Å². The van der Waals surface area contributed by atoms with Crippen molar-refractivity contribution < 1.29 is 9.59 Å². The van der Waals surface area contributed by atoms with Gasteiger partial charge in [-0.2, -0.15) is 0 Å². The first kappa shape index (κ1) is 24.2. The summed E-state index contributed by atoms with van der Waals surface area (Å²) in [4.78, 5) is 38.5. The summed E-state index contributed by atoms with van der Waals surface area (Å²) in [5, 5.41) is 2.11. The Hall–Kier alpha value is -4.16. The molecule has 5 aromatic rings. The van der Waals surface area contributed by atoms with E-state index in [9.17, 15) is 9.59 Å². The summed E-state index contributed by atoms with van der Waals surface area (Å²) in [6.07, 6.45) is 7.83. The van der Waals surface area contributed by atoms with Crippen LogP contribution in [0.15, 0.2) is 114 Å². The number of amides is 2. The van der Waals surface area contributed by atoms with Crippen LogP contribution in [0.5, 0.6) is 0 Å². The lowest BCUT2D eigenvalue weighted by atomic mass is 9.67. The fourth-order valence-electron chi connectivity index (χ4n) is 5.57. The third-order valence-corrected chi connectivity index (χ3v) is 7.84. The van der Waals surface area contributed by atoms with Crippen molar-refractivity contribution in [1.82, 2.24) is 14.9 Å². The van der Waals surface area contributed by atoms with Crippen LogP contribution in [0, 0.1) is 0 Å². The van der Waals surface area contributed by atoms with Crippen molar-refractivity contribution in [1.29, 1.82) is 0 Å². The van der Waals surface area contributed by atoms with Gasteiger partial charge in [0, 0.05) is 34.8 Å². The van der Waals surface area contributed by atoms with Gasteiger partial charge >= 0.3 is 0 Å². The minimum atomic E-state index is -0.989. The zero-order valence-corrected chi connectivity index (χ0v) is 22.1. The normalized spacial score (nSPS) is 14.5. The van der Waals surface area contributed by atoms with Gasteiger partial charge in [0.15, 0.2) is 0 Å². The van der Waals surface area contributed by atoms with E-state index < -0.39 is 5.41 Å². The van der Waals surface area contributed by atoms with Crippen LogP contribution in [0.3, 0.4) is 0 Å². The van der Waals surface area contributed by atoms with E-state index in [1.54, 1.807) is 24.8 Å². The number of fused-ring (bicyclic) bond motifs is 2. The predicted molar refractivity (Wildman–Crippen MR) is 151 cm³/mol. The first-order valence-electron chi connectivity index (χ1n) is 12.5. The van der Waals surface area contributed by atoms with Crippen molar-refractivity contribution in [2.24, 2.45) is 0 Å². The van der Waals surface area contributed by atoms with Crippen molar-refractivity contribution in [2.75, 3.05) is 0 Å². The second-order valence-electron chi connectivity index (χ2n) is 9.67. The van der Waals surface area contributed by atoms with Gasteiger partial charge in [0.05, 0.1) is 12.0 Å². The molecule has 3 aromatic carbocycles. The molecule has 2 aromatic heterocycles. The zero-order valence-electron chi connectivity index (χ0n) is 20.5. The van der Waals surface area contributed by atoms with Crippen LogP contribution in [-0.2, 0) is 29.6 Å². The lowest BCUT2D eigenvalue weighted by Gasteiger charge is -2.42. The number of pyridine rings is 2. The van der Waals surface area contributed by atoms with Gasteiger partial charge in [-0.3, -0.25) is 24.5 Å². The van der Waals surface area contributed by atoms with E-state index in [0.29, 0.717) is 18.4 Å². The molecule has 0 aliphatic carbocycles. The highest BCUT2D eigenvalue weighted by molar-refractivity contribution is 9.10. The van der Waals surface area contributed by atoms with Gasteiger partial charge in [0.25, 0.3) is 5.91 Å². The molecule has 0 unspecified atom stereocenters. The molecule has 1 aliphatic rings. The van der Waals surface area contributed by atoms with Gasteiger partial charge in [-0.05, 0) is 82.3 Å². The molecule has 5 nitrogen and oxygen atoms in total. The number of benzene rings is 3. The average molecular weight is 562 g/mol. The number of hydrogen-bond donors (Lipinski definition) is 0. The average Bonchev–Trinajstić information content (AvgIpc) is 2.95. The molecule has 6 heteroatoms. The van der Waals surface area contributed by atoms with Crippen molar-refractivity contribution in [3.05, 3.63) is 142 Å². The molecule has 0 atom stereocenters. The molecule has 0 radical (unpaired) electrons. The number of hydrogen-bond acceptors (Lipinski definition) is 4. The van der Waals surface area contributed by atoms with E-state index in [2.05, 4.69) is 25.9 Å². The summed E-state index contributed by atoms with van der Waals surface area (Å²) >= 11 is 3.55. The molecule has 0 saturated heterocycles. The summed E-state index contributed by atoms with van der Waals surface area (Å²) in [6, 6.07) is 27.5. The molecule has 0 fully saturated rings. The Morgan fingerprint density at radius 1 is 0.737 bits per heavy atom. The predicted octanol–water partition coefficient (Wildman–Crippen LogP) is 6.30. The minimum absolute atomic E-state index is 0.194. The maximum atomic E-state index is 14.7. The van der Waals surface area contributed by atoms with Crippen LogP contribution in [0.2, 0.25) is 0 Å². The molecule has 2 amide bonds. The van der Waals surface area contributed by atoms with E-state index in [-0.39, 0.29) is 18.4 Å². The second kappa shape index (κ2) is 9.95. The monoisotopic (exact) mass is 561 g/mol. The van der Waals surface area contributed by atoms with Gasteiger partial charge in [-0.1, -0.05) is 64.5 Å². The summed E-state index contributed by atoms with van der Waals surface area (Å²) in [6.45, 7) is 0.194. The molecule has 0 N–H and O–H groups in total. The Morgan fingerprint density at radius 3 is 2.05 bits per heavy atom. The quantitative estimate of drug-likeness (QED) is 0.228. The molecule has 0 saturated carbocycles. The van der Waals surface area contributed by atoms with E-state index in [0.717, 1.165) is 37.5 Å². The fourth-order valence-corrected chi connectivity index (χ4v) is 5.93. The van der Waals surface area contributed by atoms with Gasteiger partial charge in [0.2, 0.25) is 5.91 Å². The van der Waals surface area contributed by atoms with Gasteiger partial charge in [-0.25, -0.2) is 0 Å². The molecule has 3 heterocycles. The largest absolute Gasteiger partial charge is 0.273 e. The molecule has 0 spiro atoms. The van der Waals surface area contributed by atoms with Crippen molar-refractivity contribution in [2.45, 2.75) is 24.8 Å². The van der Waals surface area contributed by atoms with Gasteiger partial charge in [-0.15, -0.1) is 0 Å². The number of halogens is 1. The van der Waals surface area contributed by atoms with Crippen LogP contribution in [-0.4, -0.2) is 26.7 Å². The smallest absolute Gasteiger partial charge is 0.261 e. The molecule has 1 aliphatic heterocycles. The molecular weight excluding hydrogens is 538 g/mol. The van der Waals surface area contributed by atoms with Crippen LogP contribution in [0.4, 0.5) is 0 Å². The molecular formula is C32H24BrN3O2.